The number of benzene rings is 2. The van der Waals surface area contributed by atoms with Crippen LogP contribution in [0.2, 0.25) is 0 Å². The lowest BCUT2D eigenvalue weighted by atomic mass is 9.90. The van der Waals surface area contributed by atoms with Gasteiger partial charge in [-0.2, -0.15) is 0 Å². The van der Waals surface area contributed by atoms with E-state index >= 15 is 0 Å². The molecule has 4 rings (SSSR count). The summed E-state index contributed by atoms with van der Waals surface area (Å²) in [5.41, 5.74) is 7.57. The normalized spacial score (nSPS) is 18.3. The zero-order valence-electron chi connectivity index (χ0n) is 30.3. The van der Waals surface area contributed by atoms with E-state index in [-0.39, 0.29) is 5.82 Å². The number of hydrogen-bond acceptors (Lipinski definition) is 4. The van der Waals surface area contributed by atoms with E-state index in [9.17, 15) is 9.18 Å². The monoisotopic (exact) mass is 634 g/mol. The lowest BCUT2D eigenvalue weighted by Gasteiger charge is -2.28. The molecule has 1 saturated heterocycles. The first-order valence-corrected chi connectivity index (χ1v) is 17.9. The van der Waals surface area contributed by atoms with Crippen LogP contribution >= 0.6 is 0 Å². The van der Waals surface area contributed by atoms with Gasteiger partial charge in [0, 0.05) is 25.2 Å². The number of hydrogen-bond donors (Lipinski definition) is 0. The molecule has 5 heteroatoms. The maximum Gasteiger partial charge on any atom is 0.133 e. The number of rotatable bonds is 14. The Labute approximate surface area is 281 Å². The van der Waals surface area contributed by atoms with E-state index in [0.29, 0.717) is 24.5 Å². The molecule has 2 atom stereocenters. The van der Waals surface area contributed by atoms with Crippen LogP contribution in [0.1, 0.15) is 120 Å². The second-order valence-corrected chi connectivity index (χ2v) is 12.8. The Balaban J connectivity index is 0.000000324. The molecule has 46 heavy (non-hydrogen) atoms. The highest BCUT2D eigenvalue weighted by molar-refractivity contribution is 5.52. The van der Waals surface area contributed by atoms with Crippen molar-refractivity contribution in [1.82, 2.24) is 9.80 Å². The summed E-state index contributed by atoms with van der Waals surface area (Å²) in [5, 5.41) is 0. The summed E-state index contributed by atoms with van der Waals surface area (Å²) in [6.45, 7) is 18.6. The van der Waals surface area contributed by atoms with Crippen molar-refractivity contribution in [3.8, 4) is 0 Å². The third-order valence-corrected chi connectivity index (χ3v) is 9.28. The Morgan fingerprint density at radius 3 is 2.50 bits per heavy atom. The largest absolute Gasteiger partial charge is 0.376 e. The van der Waals surface area contributed by atoms with Crippen molar-refractivity contribution < 1.29 is 13.9 Å². The highest BCUT2D eigenvalue weighted by Gasteiger charge is 2.32. The van der Waals surface area contributed by atoms with E-state index in [2.05, 4.69) is 74.0 Å². The van der Waals surface area contributed by atoms with E-state index in [1.165, 1.54) is 53.5 Å². The van der Waals surface area contributed by atoms with Crippen molar-refractivity contribution in [3.63, 3.8) is 0 Å². The van der Waals surface area contributed by atoms with Gasteiger partial charge in [0.1, 0.15) is 12.1 Å². The summed E-state index contributed by atoms with van der Waals surface area (Å²) in [7, 11) is 2.18. The Morgan fingerprint density at radius 1 is 1.11 bits per heavy atom. The number of halogens is 1. The zero-order chi connectivity index (χ0) is 33.9. The topological polar surface area (TPSA) is 32.8 Å². The van der Waals surface area contributed by atoms with Crippen LogP contribution in [0.15, 0.2) is 60.2 Å². The SMILES string of the molecule is C/C=C\C=C(/C)CCC1CC(c2ccc3c(c2)CCOC3)CN1CC=O.CC.CCCC(CCC)N(C)Cc1ccc(F)c(C)c1. The van der Waals surface area contributed by atoms with Gasteiger partial charge in [0.05, 0.1) is 19.8 Å². The summed E-state index contributed by atoms with van der Waals surface area (Å²) >= 11 is 0. The molecule has 0 bridgehead atoms. The standard InChI is InChI=1S/C23H31NO2.C16H26FN.C2H6/c1-3-4-5-18(2)6-9-23-15-22(16-24(23)11-12-25)19-7-8-21-17-26-13-10-20(21)14-19;1-5-7-15(8-6-2)18(4)12-14-9-10-16(17)13(3)11-14;1-2/h3-5,7-8,12,14,22-23H,6,9-11,13,15-17H2,1-2H3;9-11,15H,5-8,12H2,1-4H3;1-2H3/b4-3-,18-5+;;. The molecule has 0 radical (unpaired) electrons. The fourth-order valence-corrected chi connectivity index (χ4v) is 6.69. The molecule has 1 fully saturated rings. The van der Waals surface area contributed by atoms with Crippen molar-refractivity contribution in [1.29, 1.82) is 0 Å². The van der Waals surface area contributed by atoms with Crippen molar-refractivity contribution in [2.24, 2.45) is 0 Å². The Morgan fingerprint density at radius 2 is 1.85 bits per heavy atom. The fourth-order valence-electron chi connectivity index (χ4n) is 6.69. The lowest BCUT2D eigenvalue weighted by molar-refractivity contribution is -0.109. The van der Waals surface area contributed by atoms with E-state index in [4.69, 9.17) is 4.74 Å². The molecule has 2 unspecified atom stereocenters. The molecule has 0 spiro atoms. The Bertz CT molecular complexity index is 1220. The maximum absolute atomic E-state index is 13.2. The number of nitrogens with zero attached hydrogens (tertiary/aromatic N) is 2. The molecular weight excluding hydrogens is 571 g/mol. The van der Waals surface area contributed by atoms with Crippen LogP contribution in [0.25, 0.3) is 0 Å². The van der Waals surface area contributed by atoms with E-state index < -0.39 is 0 Å². The molecule has 2 aromatic rings. The average molecular weight is 635 g/mol. The van der Waals surface area contributed by atoms with Crippen molar-refractivity contribution in [2.75, 3.05) is 26.7 Å². The quantitative estimate of drug-likeness (QED) is 0.153. The van der Waals surface area contributed by atoms with Gasteiger partial charge in [-0.15, -0.1) is 0 Å². The van der Waals surface area contributed by atoms with Crippen molar-refractivity contribution in [2.45, 2.75) is 131 Å². The van der Waals surface area contributed by atoms with Crippen molar-refractivity contribution >= 4 is 6.29 Å². The predicted octanol–water partition coefficient (Wildman–Crippen LogP) is 9.98. The molecule has 2 aromatic carbocycles. The van der Waals surface area contributed by atoms with Gasteiger partial charge >= 0.3 is 0 Å². The number of carbonyl (C=O) groups excluding carboxylic acids is 1. The molecule has 0 saturated carbocycles. The first-order valence-electron chi connectivity index (χ1n) is 17.9. The second kappa shape index (κ2) is 22.1. The van der Waals surface area contributed by atoms with Gasteiger partial charge < -0.3 is 9.53 Å². The van der Waals surface area contributed by atoms with Gasteiger partial charge in [0.15, 0.2) is 0 Å². The molecule has 2 aliphatic rings. The van der Waals surface area contributed by atoms with Gasteiger partial charge in [-0.3, -0.25) is 9.80 Å². The van der Waals surface area contributed by atoms with Crippen LogP contribution in [-0.4, -0.2) is 54.9 Å². The van der Waals surface area contributed by atoms with Crippen LogP contribution < -0.4 is 0 Å². The predicted molar refractivity (Wildman–Crippen MR) is 194 cm³/mol. The van der Waals surface area contributed by atoms with Crippen LogP contribution in [0.4, 0.5) is 4.39 Å². The molecule has 4 nitrogen and oxygen atoms in total. The zero-order valence-corrected chi connectivity index (χ0v) is 30.3. The van der Waals surface area contributed by atoms with Crippen LogP contribution in [0.3, 0.4) is 0 Å². The Kier molecular flexibility index (Phi) is 19.0. The minimum Gasteiger partial charge on any atom is -0.376 e. The number of aldehydes is 1. The van der Waals surface area contributed by atoms with Gasteiger partial charge in [0.25, 0.3) is 0 Å². The minimum atomic E-state index is -0.111. The van der Waals surface area contributed by atoms with Crippen LogP contribution in [0, 0.1) is 12.7 Å². The number of fused-ring (bicyclic) bond motifs is 1. The number of aryl methyl sites for hydroxylation is 1. The molecule has 0 aromatic heterocycles. The van der Waals surface area contributed by atoms with Crippen LogP contribution in [-0.2, 0) is 29.1 Å². The Hall–Kier alpha value is -2.60. The minimum absolute atomic E-state index is 0.111. The smallest absolute Gasteiger partial charge is 0.133 e. The summed E-state index contributed by atoms with van der Waals surface area (Å²) in [4.78, 5) is 15.9. The van der Waals surface area contributed by atoms with Crippen LogP contribution in [0.5, 0.6) is 0 Å². The first-order chi connectivity index (χ1) is 22.3. The van der Waals surface area contributed by atoms with Gasteiger partial charge in [-0.25, -0.2) is 4.39 Å². The van der Waals surface area contributed by atoms with E-state index in [0.717, 1.165) is 63.8 Å². The fraction of sp³-hybridized carbons (Fsp3) is 0.585. The molecule has 0 N–H and O–H groups in total. The number of allylic oxidation sites excluding steroid dienone is 4. The van der Waals surface area contributed by atoms with Gasteiger partial charge in [-0.1, -0.05) is 94.7 Å². The summed E-state index contributed by atoms with van der Waals surface area (Å²) in [6, 6.07) is 13.5. The lowest BCUT2D eigenvalue weighted by Crippen LogP contribution is -2.31. The number of likely N-dealkylation sites (tertiary alicyclic amines) is 1. The highest BCUT2D eigenvalue weighted by Crippen LogP contribution is 2.35. The maximum atomic E-state index is 13.2. The average Bonchev–Trinajstić information content (AvgIpc) is 3.48. The van der Waals surface area contributed by atoms with E-state index in [1.807, 2.05) is 39.8 Å². The third kappa shape index (κ3) is 12.9. The molecule has 0 amide bonds. The molecule has 256 valence electrons. The summed E-state index contributed by atoms with van der Waals surface area (Å²) < 4.78 is 18.8. The third-order valence-electron chi connectivity index (χ3n) is 9.28. The molecule has 0 aliphatic carbocycles. The summed E-state index contributed by atoms with van der Waals surface area (Å²) in [5.74, 6) is 0.424. The first kappa shape index (κ1) is 39.6. The van der Waals surface area contributed by atoms with Gasteiger partial charge in [0.2, 0.25) is 0 Å². The van der Waals surface area contributed by atoms with Gasteiger partial charge in [-0.05, 0) is 106 Å². The van der Waals surface area contributed by atoms with E-state index in [1.54, 1.807) is 6.07 Å². The summed E-state index contributed by atoms with van der Waals surface area (Å²) in [6.07, 6.45) is 16.7. The highest BCUT2D eigenvalue weighted by atomic mass is 19.1. The molecule has 2 aliphatic heterocycles. The molecule has 2 heterocycles. The molecular formula is C41H63FN2O2. The second-order valence-electron chi connectivity index (χ2n) is 12.8. The number of ether oxygens (including phenoxy) is 1. The van der Waals surface area contributed by atoms with Crippen molar-refractivity contribution in [3.05, 3.63) is 93.8 Å². The number of carbonyl (C=O) groups is 1.